The van der Waals surface area contributed by atoms with Crippen LogP contribution < -0.4 is 5.32 Å². The summed E-state index contributed by atoms with van der Waals surface area (Å²) in [5.41, 5.74) is 0.515. The molecule has 1 atom stereocenters. The smallest absolute Gasteiger partial charge is 0.237 e. The number of aryl methyl sites for hydroxylation is 1. The van der Waals surface area contributed by atoms with E-state index in [4.69, 9.17) is 23.2 Å². The third-order valence-electron chi connectivity index (χ3n) is 3.91. The molecule has 0 unspecified atom stereocenters. The summed E-state index contributed by atoms with van der Waals surface area (Å²) in [6.07, 6.45) is 4.42. The zero-order chi connectivity index (χ0) is 17.1. The number of rotatable bonds is 4. The molecule has 0 spiro atoms. The third-order valence-corrected chi connectivity index (χ3v) is 5.56. The van der Waals surface area contributed by atoms with Gasteiger partial charge < -0.3 is 9.88 Å². The van der Waals surface area contributed by atoms with Crippen molar-refractivity contribution in [1.29, 1.82) is 0 Å². The lowest BCUT2D eigenvalue weighted by atomic mass is 10.2. The van der Waals surface area contributed by atoms with Gasteiger partial charge in [-0.25, -0.2) is 0 Å². The van der Waals surface area contributed by atoms with Gasteiger partial charge in [0.2, 0.25) is 5.91 Å². The van der Waals surface area contributed by atoms with Crippen LogP contribution in [0.15, 0.2) is 23.4 Å². The maximum atomic E-state index is 12.4. The minimum atomic E-state index is -0.323. The van der Waals surface area contributed by atoms with Crippen LogP contribution in [0.5, 0.6) is 0 Å². The van der Waals surface area contributed by atoms with Gasteiger partial charge in [-0.3, -0.25) is 4.79 Å². The molecule has 2 heterocycles. The molecule has 1 aliphatic rings. The number of anilines is 1. The Morgan fingerprint density at radius 3 is 2.96 bits per heavy atom. The zero-order valence-electron chi connectivity index (χ0n) is 13.3. The molecule has 0 aliphatic carbocycles. The Labute approximate surface area is 155 Å². The normalized spacial score (nSPS) is 15.5. The van der Waals surface area contributed by atoms with Crippen molar-refractivity contribution < 1.29 is 4.79 Å². The second-order valence-corrected chi connectivity index (χ2v) is 7.89. The van der Waals surface area contributed by atoms with Gasteiger partial charge in [0.15, 0.2) is 5.16 Å². The van der Waals surface area contributed by atoms with Crippen molar-refractivity contribution in [2.45, 2.75) is 49.6 Å². The maximum Gasteiger partial charge on any atom is 0.237 e. The van der Waals surface area contributed by atoms with Crippen molar-refractivity contribution in [3.63, 3.8) is 0 Å². The summed E-state index contributed by atoms with van der Waals surface area (Å²) in [7, 11) is 0. The number of nitrogens with one attached hydrogen (secondary N) is 1. The summed E-state index contributed by atoms with van der Waals surface area (Å²) in [6, 6.07) is 4.99. The minimum Gasteiger partial charge on any atom is -0.324 e. The number of fused-ring (bicyclic) bond motifs is 1. The molecular formula is C16H18Cl2N4OS. The Hall–Kier alpha value is -1.24. The SMILES string of the molecule is C[C@@H](Sc1nnc2n1CCCCC2)C(=O)Nc1cc(Cl)ccc1Cl. The van der Waals surface area contributed by atoms with Crippen LogP contribution in [-0.2, 0) is 17.8 Å². The number of halogens is 2. The summed E-state index contributed by atoms with van der Waals surface area (Å²) >= 11 is 13.5. The molecular weight excluding hydrogens is 367 g/mol. The highest BCUT2D eigenvalue weighted by Gasteiger charge is 2.21. The molecule has 1 amide bonds. The Bertz CT molecular complexity index is 750. The van der Waals surface area contributed by atoms with Crippen molar-refractivity contribution in [3.8, 4) is 0 Å². The molecule has 0 saturated carbocycles. The third kappa shape index (κ3) is 4.05. The van der Waals surface area contributed by atoms with Crippen LogP contribution in [0.1, 0.15) is 32.0 Å². The molecule has 0 saturated heterocycles. The van der Waals surface area contributed by atoms with Crippen LogP contribution >= 0.6 is 35.0 Å². The van der Waals surface area contributed by atoms with E-state index in [0.29, 0.717) is 15.7 Å². The molecule has 3 rings (SSSR count). The number of aromatic nitrogens is 3. The molecule has 8 heteroatoms. The highest BCUT2D eigenvalue weighted by atomic mass is 35.5. The van der Waals surface area contributed by atoms with Gasteiger partial charge >= 0.3 is 0 Å². The van der Waals surface area contributed by atoms with Crippen LogP contribution in [0, 0.1) is 0 Å². The average Bonchev–Trinajstić information content (AvgIpc) is 2.78. The number of carbonyl (C=O) groups excluding carboxylic acids is 1. The monoisotopic (exact) mass is 384 g/mol. The van der Waals surface area contributed by atoms with Gasteiger partial charge in [0.05, 0.1) is 16.0 Å². The highest BCUT2D eigenvalue weighted by molar-refractivity contribution is 8.00. The number of thioether (sulfide) groups is 1. The Kier molecular flexibility index (Phi) is 5.69. The molecule has 0 fully saturated rings. The van der Waals surface area contributed by atoms with E-state index in [-0.39, 0.29) is 11.2 Å². The van der Waals surface area contributed by atoms with Crippen LogP contribution in [0.25, 0.3) is 0 Å². The fraction of sp³-hybridized carbons (Fsp3) is 0.438. The number of amides is 1. The number of carbonyl (C=O) groups is 1. The summed E-state index contributed by atoms with van der Waals surface area (Å²) in [6.45, 7) is 2.76. The molecule has 0 bridgehead atoms. The van der Waals surface area contributed by atoms with Crippen LogP contribution in [-0.4, -0.2) is 25.9 Å². The summed E-state index contributed by atoms with van der Waals surface area (Å²) in [5.74, 6) is 0.871. The predicted octanol–water partition coefficient (Wildman–Crippen LogP) is 4.43. The first-order chi connectivity index (χ1) is 11.5. The van der Waals surface area contributed by atoms with Crippen molar-refractivity contribution >= 4 is 46.6 Å². The molecule has 5 nitrogen and oxygen atoms in total. The minimum absolute atomic E-state index is 0.143. The van der Waals surface area contributed by atoms with E-state index in [1.807, 2.05) is 6.92 Å². The van der Waals surface area contributed by atoms with E-state index in [2.05, 4.69) is 20.1 Å². The Morgan fingerprint density at radius 1 is 1.29 bits per heavy atom. The first-order valence-electron chi connectivity index (χ1n) is 7.89. The lowest BCUT2D eigenvalue weighted by Crippen LogP contribution is -2.23. The highest BCUT2D eigenvalue weighted by Crippen LogP contribution is 2.28. The van der Waals surface area contributed by atoms with E-state index in [0.717, 1.165) is 36.8 Å². The number of hydrogen-bond donors (Lipinski definition) is 1. The molecule has 24 heavy (non-hydrogen) atoms. The van der Waals surface area contributed by atoms with Gasteiger partial charge in [0.1, 0.15) is 5.82 Å². The van der Waals surface area contributed by atoms with Crippen molar-refractivity contribution in [2.75, 3.05) is 5.32 Å². The lowest BCUT2D eigenvalue weighted by Gasteiger charge is -2.13. The largest absolute Gasteiger partial charge is 0.324 e. The predicted molar refractivity (Wildman–Crippen MR) is 98.0 cm³/mol. The quantitative estimate of drug-likeness (QED) is 0.791. The summed E-state index contributed by atoms with van der Waals surface area (Å²) in [5, 5.41) is 12.8. The van der Waals surface area contributed by atoms with Gasteiger partial charge in [-0.05, 0) is 38.0 Å². The first-order valence-corrected chi connectivity index (χ1v) is 9.53. The van der Waals surface area contributed by atoms with Crippen molar-refractivity contribution in [1.82, 2.24) is 14.8 Å². The fourth-order valence-electron chi connectivity index (χ4n) is 2.58. The second-order valence-electron chi connectivity index (χ2n) is 5.73. The number of hydrogen-bond acceptors (Lipinski definition) is 4. The molecule has 1 N–H and O–H groups in total. The van der Waals surface area contributed by atoms with Gasteiger partial charge in [-0.1, -0.05) is 41.4 Å². The van der Waals surface area contributed by atoms with Gasteiger partial charge in [0, 0.05) is 18.0 Å². The van der Waals surface area contributed by atoms with Crippen molar-refractivity contribution in [2.24, 2.45) is 0 Å². The number of nitrogens with zero attached hydrogens (tertiary/aromatic N) is 3. The molecule has 128 valence electrons. The fourth-order valence-corrected chi connectivity index (χ4v) is 3.82. The van der Waals surface area contributed by atoms with E-state index in [1.54, 1.807) is 18.2 Å². The molecule has 1 aliphatic heterocycles. The van der Waals surface area contributed by atoms with E-state index >= 15 is 0 Å². The van der Waals surface area contributed by atoms with Gasteiger partial charge in [0.25, 0.3) is 0 Å². The Balaban J connectivity index is 1.68. The Morgan fingerprint density at radius 2 is 2.12 bits per heavy atom. The summed E-state index contributed by atoms with van der Waals surface area (Å²) < 4.78 is 2.13. The second kappa shape index (κ2) is 7.76. The summed E-state index contributed by atoms with van der Waals surface area (Å²) in [4.78, 5) is 12.4. The van der Waals surface area contributed by atoms with Crippen LogP contribution in [0.3, 0.4) is 0 Å². The topological polar surface area (TPSA) is 59.8 Å². The van der Waals surface area contributed by atoms with E-state index in [9.17, 15) is 4.79 Å². The standard InChI is InChI=1S/C16H18Cl2N4OS/c1-10(15(23)19-13-9-11(17)6-7-12(13)18)24-16-21-20-14-5-3-2-4-8-22(14)16/h6-7,9-10H,2-5,8H2,1H3,(H,19,23)/t10-/m1/s1. The first kappa shape index (κ1) is 17.6. The van der Waals surface area contributed by atoms with E-state index in [1.165, 1.54) is 18.2 Å². The van der Waals surface area contributed by atoms with Crippen molar-refractivity contribution in [3.05, 3.63) is 34.1 Å². The van der Waals surface area contributed by atoms with E-state index < -0.39 is 0 Å². The van der Waals surface area contributed by atoms with Crippen LogP contribution in [0.2, 0.25) is 10.0 Å². The zero-order valence-corrected chi connectivity index (χ0v) is 15.6. The molecule has 0 radical (unpaired) electrons. The van der Waals surface area contributed by atoms with Gasteiger partial charge in [-0.2, -0.15) is 0 Å². The lowest BCUT2D eigenvalue weighted by molar-refractivity contribution is -0.115. The van der Waals surface area contributed by atoms with Crippen LogP contribution in [0.4, 0.5) is 5.69 Å². The molecule has 1 aromatic carbocycles. The maximum absolute atomic E-state index is 12.4. The molecule has 1 aromatic heterocycles. The van der Waals surface area contributed by atoms with Gasteiger partial charge in [-0.15, -0.1) is 10.2 Å². The average molecular weight is 385 g/mol. The number of benzene rings is 1. The molecule has 2 aromatic rings.